The Balaban J connectivity index is 1.90. The lowest BCUT2D eigenvalue weighted by Crippen LogP contribution is -2.82. The van der Waals surface area contributed by atoms with E-state index >= 15 is 0 Å². The Morgan fingerprint density at radius 3 is 2.60 bits per heavy atom. The fourth-order valence-electron chi connectivity index (χ4n) is 2.52. The highest BCUT2D eigenvalue weighted by molar-refractivity contribution is 7.80. The summed E-state index contributed by atoms with van der Waals surface area (Å²) < 4.78 is 6.07. The van der Waals surface area contributed by atoms with Crippen LogP contribution in [0.3, 0.4) is 0 Å². The third-order valence-electron chi connectivity index (χ3n) is 3.80. The highest BCUT2D eigenvalue weighted by Gasteiger charge is 2.10. The summed E-state index contributed by atoms with van der Waals surface area (Å²) in [4.78, 5) is 0. The molecule has 3 N–H and O–H groups in total. The minimum absolute atomic E-state index is 0.516. The van der Waals surface area contributed by atoms with Crippen LogP contribution >= 0.6 is 12.2 Å². The van der Waals surface area contributed by atoms with Crippen molar-refractivity contribution in [2.45, 2.75) is 6.61 Å². The van der Waals surface area contributed by atoms with Crippen molar-refractivity contribution in [3.05, 3.63) is 77.9 Å². The second-order valence-corrected chi connectivity index (χ2v) is 5.87. The molecule has 0 saturated heterocycles. The van der Waals surface area contributed by atoms with E-state index in [0.717, 1.165) is 27.6 Å². The van der Waals surface area contributed by atoms with Crippen molar-refractivity contribution in [3.8, 4) is 5.75 Å². The first-order valence-electron chi connectivity index (χ1n) is 8.03. The third kappa shape index (κ3) is 4.33. The number of hydrazone groups is 1. The SMILES string of the molecule is CNC(=S)N[NH+]=Cc1c(OCc2ccccc2)ccc2ccccc12. The van der Waals surface area contributed by atoms with Gasteiger partial charge in [-0.1, -0.05) is 60.7 Å². The molecule has 5 heteroatoms. The number of rotatable bonds is 5. The molecule has 25 heavy (non-hydrogen) atoms. The number of hydrogen-bond donors (Lipinski definition) is 3. The standard InChI is InChI=1S/C20H19N3OS/c1-21-20(25)23-22-13-18-17-10-6-5-9-16(17)11-12-19(18)24-14-15-7-3-2-4-8-15/h2-13H,14H2,1H3,(H2,21,23,25)/p+1. The molecule has 4 nitrogen and oxygen atoms in total. The van der Waals surface area contributed by atoms with Gasteiger partial charge in [0.1, 0.15) is 12.4 Å². The van der Waals surface area contributed by atoms with Gasteiger partial charge in [-0.15, -0.1) is 10.5 Å². The summed E-state index contributed by atoms with van der Waals surface area (Å²) in [5.41, 5.74) is 5.01. The van der Waals surface area contributed by atoms with Crippen LogP contribution in [-0.2, 0) is 6.61 Å². The maximum Gasteiger partial charge on any atom is 0.223 e. The molecule has 3 aromatic carbocycles. The number of nitrogens with one attached hydrogen (secondary N) is 3. The number of hydrazine groups is 1. The van der Waals surface area contributed by atoms with Gasteiger partial charge in [0.05, 0.1) is 5.56 Å². The molecule has 0 atom stereocenters. The van der Waals surface area contributed by atoms with Crippen LogP contribution in [0.2, 0.25) is 0 Å². The van der Waals surface area contributed by atoms with Crippen LogP contribution in [0, 0.1) is 0 Å². The fraction of sp³-hybridized carbons (Fsp3) is 0.100. The molecule has 0 heterocycles. The molecule has 0 radical (unpaired) electrons. The summed E-state index contributed by atoms with van der Waals surface area (Å²) in [5, 5.41) is 8.66. The molecule has 3 aromatic rings. The van der Waals surface area contributed by atoms with Gasteiger partial charge < -0.3 is 10.1 Å². The fourth-order valence-corrected chi connectivity index (χ4v) is 2.58. The van der Waals surface area contributed by atoms with Crippen molar-refractivity contribution in [2.75, 3.05) is 7.05 Å². The predicted octanol–water partition coefficient (Wildman–Crippen LogP) is 1.93. The van der Waals surface area contributed by atoms with E-state index in [1.54, 1.807) is 7.05 Å². The van der Waals surface area contributed by atoms with Gasteiger partial charge in [-0.25, -0.2) is 0 Å². The average molecular weight is 350 g/mol. The molecule has 126 valence electrons. The number of fused-ring (bicyclic) bond motifs is 1. The lowest BCUT2D eigenvalue weighted by Gasteiger charge is -2.10. The average Bonchev–Trinajstić information content (AvgIpc) is 2.67. The summed E-state index contributed by atoms with van der Waals surface area (Å²) in [6.07, 6.45) is 1.87. The summed E-state index contributed by atoms with van der Waals surface area (Å²) >= 11 is 5.08. The summed E-state index contributed by atoms with van der Waals surface area (Å²) in [6.45, 7) is 0.516. The van der Waals surface area contributed by atoms with E-state index in [1.807, 2.05) is 42.6 Å². The normalized spacial score (nSPS) is 10.8. The van der Waals surface area contributed by atoms with E-state index in [2.05, 4.69) is 46.2 Å². The van der Waals surface area contributed by atoms with E-state index in [0.29, 0.717) is 11.7 Å². The Bertz CT molecular complexity index is 894. The maximum absolute atomic E-state index is 6.07. The second-order valence-electron chi connectivity index (χ2n) is 5.47. The zero-order valence-electron chi connectivity index (χ0n) is 14.0. The van der Waals surface area contributed by atoms with Gasteiger partial charge in [0, 0.05) is 7.05 Å². The molecule has 0 bridgehead atoms. The van der Waals surface area contributed by atoms with Crippen molar-refractivity contribution in [3.63, 3.8) is 0 Å². The Morgan fingerprint density at radius 1 is 1.04 bits per heavy atom. The Labute approximate surface area is 152 Å². The van der Waals surface area contributed by atoms with Gasteiger partial charge >= 0.3 is 0 Å². The maximum atomic E-state index is 6.07. The van der Waals surface area contributed by atoms with E-state index in [-0.39, 0.29) is 0 Å². The highest BCUT2D eigenvalue weighted by Crippen LogP contribution is 2.26. The van der Waals surface area contributed by atoms with Crippen molar-refractivity contribution >= 4 is 34.3 Å². The number of hydrogen-bond acceptors (Lipinski definition) is 2. The van der Waals surface area contributed by atoms with Crippen LogP contribution in [0.4, 0.5) is 0 Å². The Hall–Kier alpha value is -2.92. The summed E-state index contributed by atoms with van der Waals surface area (Å²) in [6, 6.07) is 22.4. The van der Waals surface area contributed by atoms with Gasteiger partial charge in [0.15, 0.2) is 0 Å². The third-order valence-corrected chi connectivity index (χ3v) is 4.10. The van der Waals surface area contributed by atoms with Crippen LogP contribution in [-0.4, -0.2) is 18.4 Å². The monoisotopic (exact) mass is 350 g/mol. The molecule has 0 aliphatic heterocycles. The molecule has 0 aromatic heterocycles. The van der Waals surface area contributed by atoms with Gasteiger partial charge in [-0.3, -0.25) is 0 Å². The first kappa shape index (κ1) is 16.9. The molecule has 0 saturated carbocycles. The largest absolute Gasteiger partial charge is 0.488 e. The number of thiocarbonyl (C=S) groups is 1. The minimum Gasteiger partial charge on any atom is -0.488 e. The Morgan fingerprint density at radius 2 is 1.80 bits per heavy atom. The topological polar surface area (TPSA) is 47.3 Å². The zero-order chi connectivity index (χ0) is 17.5. The van der Waals surface area contributed by atoms with Crippen molar-refractivity contribution in [1.29, 1.82) is 0 Å². The molecule has 0 aliphatic carbocycles. The second kappa shape index (κ2) is 8.26. The molecule has 0 spiro atoms. The van der Waals surface area contributed by atoms with E-state index in [1.165, 1.54) is 0 Å². The lowest BCUT2D eigenvalue weighted by atomic mass is 10.0. The first-order chi connectivity index (χ1) is 12.3. The minimum atomic E-state index is 0.516. The molecule has 0 amide bonds. The molecule has 3 rings (SSSR count). The summed E-state index contributed by atoms with van der Waals surface area (Å²) in [7, 11) is 1.77. The quantitative estimate of drug-likeness (QED) is 0.374. The molecule has 0 unspecified atom stereocenters. The smallest absolute Gasteiger partial charge is 0.223 e. The van der Waals surface area contributed by atoms with Gasteiger partial charge in [0.25, 0.3) is 0 Å². The van der Waals surface area contributed by atoms with Gasteiger partial charge in [-0.2, -0.15) is 0 Å². The molecular weight excluding hydrogens is 330 g/mol. The summed E-state index contributed by atoms with van der Waals surface area (Å²) in [5.74, 6) is 0.812. The van der Waals surface area contributed by atoms with Crippen LogP contribution in [0.15, 0.2) is 66.7 Å². The van der Waals surface area contributed by atoms with Crippen LogP contribution in [0.1, 0.15) is 11.1 Å². The van der Waals surface area contributed by atoms with Crippen molar-refractivity contribution < 1.29 is 9.84 Å². The lowest BCUT2D eigenvalue weighted by molar-refractivity contribution is -0.500. The molecule has 0 aliphatic rings. The number of benzene rings is 3. The van der Waals surface area contributed by atoms with Gasteiger partial charge in [0.2, 0.25) is 11.3 Å². The first-order valence-corrected chi connectivity index (χ1v) is 8.43. The van der Waals surface area contributed by atoms with E-state index in [9.17, 15) is 0 Å². The van der Waals surface area contributed by atoms with Crippen molar-refractivity contribution in [1.82, 2.24) is 10.7 Å². The molecule has 0 fully saturated rings. The predicted molar refractivity (Wildman–Crippen MR) is 106 cm³/mol. The molecular formula is C20H20N3OS+. The van der Waals surface area contributed by atoms with E-state index < -0.39 is 0 Å². The number of ether oxygens (including phenoxy) is 1. The Kier molecular flexibility index (Phi) is 5.59. The van der Waals surface area contributed by atoms with Crippen LogP contribution < -0.4 is 20.6 Å². The highest BCUT2D eigenvalue weighted by atomic mass is 32.1. The van der Waals surface area contributed by atoms with Crippen LogP contribution in [0.25, 0.3) is 10.8 Å². The van der Waals surface area contributed by atoms with Crippen molar-refractivity contribution in [2.24, 2.45) is 0 Å². The van der Waals surface area contributed by atoms with Gasteiger partial charge in [-0.05, 0) is 34.6 Å². The van der Waals surface area contributed by atoms with Crippen LogP contribution in [0.5, 0.6) is 5.75 Å². The zero-order valence-corrected chi connectivity index (χ0v) is 14.8. The van der Waals surface area contributed by atoms with E-state index in [4.69, 9.17) is 17.0 Å².